The minimum atomic E-state index is -3.89. The van der Waals surface area contributed by atoms with E-state index in [-0.39, 0.29) is 11.9 Å². The van der Waals surface area contributed by atoms with Gasteiger partial charge in [0.2, 0.25) is 16.0 Å². The maximum absolute atomic E-state index is 13.5. The number of benzene rings is 1. The van der Waals surface area contributed by atoms with Crippen molar-refractivity contribution in [3.8, 4) is 17.2 Å². The van der Waals surface area contributed by atoms with Gasteiger partial charge in [-0.2, -0.15) is 11.8 Å². The number of hydrogen-bond donors (Lipinski definition) is 1. The normalized spacial score (nSPS) is 17.7. The van der Waals surface area contributed by atoms with E-state index in [4.69, 9.17) is 9.47 Å². The molecule has 10 nitrogen and oxygen atoms in total. The molecule has 2 unspecified atom stereocenters. The maximum Gasteiger partial charge on any atom is 0.243 e. The fraction of sp³-hybridized carbons (Fsp3) is 0.478. The second kappa shape index (κ2) is 10.4. The zero-order chi connectivity index (χ0) is 25.2. The summed E-state index contributed by atoms with van der Waals surface area (Å²) in [7, 11) is -0.774. The van der Waals surface area contributed by atoms with Crippen LogP contribution >= 0.6 is 11.8 Å². The molecule has 1 N–H and O–H groups in total. The highest BCUT2D eigenvalue weighted by Crippen LogP contribution is 2.40. The summed E-state index contributed by atoms with van der Waals surface area (Å²) in [5.41, 5.74) is 1.46. The van der Waals surface area contributed by atoms with Crippen LogP contribution in [0.5, 0.6) is 11.5 Å². The van der Waals surface area contributed by atoms with Crippen LogP contribution in [-0.4, -0.2) is 64.1 Å². The van der Waals surface area contributed by atoms with Gasteiger partial charge in [-0.15, -0.1) is 10.2 Å². The molecule has 188 valence electrons. The van der Waals surface area contributed by atoms with E-state index in [1.165, 1.54) is 0 Å². The molecule has 4 rings (SSSR count). The summed E-state index contributed by atoms with van der Waals surface area (Å²) >= 11 is 1.83. The quantitative estimate of drug-likeness (QED) is 0.453. The van der Waals surface area contributed by atoms with Crippen LogP contribution in [0.3, 0.4) is 0 Å². The lowest BCUT2D eigenvalue weighted by Crippen LogP contribution is -2.31. The molecule has 3 aromatic rings. The van der Waals surface area contributed by atoms with Gasteiger partial charge in [0.05, 0.1) is 19.5 Å². The van der Waals surface area contributed by atoms with Crippen LogP contribution in [0.25, 0.3) is 5.69 Å². The van der Waals surface area contributed by atoms with Crippen LogP contribution in [0.1, 0.15) is 49.3 Å². The Labute approximate surface area is 209 Å². The molecule has 1 fully saturated rings. The molecule has 2 aromatic heterocycles. The third kappa shape index (κ3) is 5.08. The zero-order valence-corrected chi connectivity index (χ0v) is 22.1. The molecule has 0 radical (unpaired) electrons. The van der Waals surface area contributed by atoms with E-state index >= 15 is 0 Å². The topological polar surface area (TPSA) is 121 Å². The largest absolute Gasteiger partial charge is 0.494 e. The highest BCUT2D eigenvalue weighted by atomic mass is 32.2. The zero-order valence-electron chi connectivity index (χ0n) is 20.4. The maximum atomic E-state index is 13.5. The Morgan fingerprint density at radius 3 is 2.34 bits per heavy atom. The second-order valence-electron chi connectivity index (χ2n) is 8.55. The first-order valence-electron chi connectivity index (χ1n) is 11.3. The van der Waals surface area contributed by atoms with E-state index in [1.807, 2.05) is 24.8 Å². The number of nitrogens with one attached hydrogen (secondary N) is 1. The lowest BCUT2D eigenvalue weighted by molar-refractivity contribution is 0.390. The Morgan fingerprint density at radius 2 is 1.77 bits per heavy atom. The van der Waals surface area contributed by atoms with Crippen molar-refractivity contribution in [1.29, 1.82) is 0 Å². The van der Waals surface area contributed by atoms with Gasteiger partial charge in [0.25, 0.3) is 0 Å². The lowest BCUT2D eigenvalue weighted by atomic mass is 10.1. The summed E-state index contributed by atoms with van der Waals surface area (Å²) in [6, 6.07) is 5.40. The lowest BCUT2D eigenvalue weighted by Gasteiger charge is -2.22. The van der Waals surface area contributed by atoms with Crippen LogP contribution in [-0.2, 0) is 10.0 Å². The van der Waals surface area contributed by atoms with Gasteiger partial charge in [-0.3, -0.25) is 9.29 Å². The average Bonchev–Trinajstić information content (AvgIpc) is 3.52. The summed E-state index contributed by atoms with van der Waals surface area (Å²) in [4.78, 5) is 8.63. The molecule has 1 aliphatic heterocycles. The van der Waals surface area contributed by atoms with Gasteiger partial charge < -0.3 is 9.47 Å². The van der Waals surface area contributed by atoms with Gasteiger partial charge in [0.1, 0.15) is 28.8 Å². The number of rotatable bonds is 9. The van der Waals surface area contributed by atoms with E-state index in [2.05, 4.69) is 24.9 Å². The van der Waals surface area contributed by atoms with Crippen molar-refractivity contribution in [2.45, 2.75) is 44.3 Å². The molecule has 1 saturated heterocycles. The van der Waals surface area contributed by atoms with Gasteiger partial charge >= 0.3 is 0 Å². The van der Waals surface area contributed by atoms with Crippen molar-refractivity contribution in [2.24, 2.45) is 0 Å². The molecule has 3 heterocycles. The summed E-state index contributed by atoms with van der Waals surface area (Å²) in [6.07, 6.45) is 4.29. The van der Waals surface area contributed by atoms with Gasteiger partial charge in [-0.05, 0) is 43.7 Å². The molecule has 35 heavy (non-hydrogen) atoms. The minimum Gasteiger partial charge on any atom is -0.494 e. The van der Waals surface area contributed by atoms with Crippen molar-refractivity contribution in [2.75, 3.05) is 30.4 Å². The third-order valence-corrected chi connectivity index (χ3v) is 9.26. The van der Waals surface area contributed by atoms with E-state index in [0.29, 0.717) is 28.8 Å². The molecule has 1 aromatic carbocycles. The molecule has 12 heteroatoms. The number of aryl methyl sites for hydroxylation is 1. The Bertz CT molecular complexity index is 1250. The Kier molecular flexibility index (Phi) is 7.50. The summed E-state index contributed by atoms with van der Waals surface area (Å²) < 4.78 is 42.6. The van der Waals surface area contributed by atoms with E-state index < -0.39 is 21.2 Å². The molecule has 3 atom stereocenters. The van der Waals surface area contributed by atoms with Crippen LogP contribution in [0.4, 0.5) is 5.95 Å². The smallest absolute Gasteiger partial charge is 0.243 e. The number of nitrogens with zero attached hydrogens (tertiary/aromatic N) is 5. The van der Waals surface area contributed by atoms with Crippen molar-refractivity contribution in [1.82, 2.24) is 24.7 Å². The number of thioether (sulfide) groups is 1. The average molecular weight is 519 g/mol. The van der Waals surface area contributed by atoms with Crippen molar-refractivity contribution in [3.63, 3.8) is 0 Å². The molecular weight excluding hydrogens is 488 g/mol. The van der Waals surface area contributed by atoms with E-state index in [0.717, 1.165) is 23.5 Å². The molecule has 0 saturated carbocycles. The Morgan fingerprint density at radius 1 is 1.11 bits per heavy atom. The number of aromatic nitrogens is 5. The standard InChI is InChI=1S/C23H30N6O4S2/c1-14-11-24-21(25-12-14)15(2)16(3)35(30,31)28-23-27-26-22(17-9-10-34-13-17)29(23)20-18(32-4)7-6-8-19(20)33-5/h6-8,11-12,15-17H,9-10,13H2,1-5H3,(H,27,28)/t15?,16?,17-/m1/s1. The summed E-state index contributed by atoms with van der Waals surface area (Å²) in [6.45, 7) is 5.31. The van der Waals surface area contributed by atoms with Gasteiger partial charge in [-0.1, -0.05) is 13.0 Å². The first kappa shape index (κ1) is 25.2. The van der Waals surface area contributed by atoms with Crippen LogP contribution in [0.15, 0.2) is 30.6 Å². The van der Waals surface area contributed by atoms with Crippen LogP contribution in [0.2, 0.25) is 0 Å². The van der Waals surface area contributed by atoms with Gasteiger partial charge in [0.15, 0.2) is 0 Å². The highest BCUT2D eigenvalue weighted by Gasteiger charge is 2.34. The number of methoxy groups -OCH3 is 2. The van der Waals surface area contributed by atoms with Gasteiger partial charge in [0, 0.05) is 30.0 Å². The number of sulfonamides is 1. The van der Waals surface area contributed by atoms with Crippen molar-refractivity contribution >= 4 is 27.7 Å². The molecule has 0 amide bonds. The predicted molar refractivity (Wildman–Crippen MR) is 136 cm³/mol. The van der Waals surface area contributed by atoms with Crippen molar-refractivity contribution < 1.29 is 17.9 Å². The molecule has 0 aliphatic carbocycles. The SMILES string of the molecule is COc1cccc(OC)c1-n1c(NS(=O)(=O)C(C)C(C)c2ncc(C)cn2)nnc1[C@@H]1CCSC1. The third-order valence-electron chi connectivity index (χ3n) is 6.24. The number of ether oxygens (including phenoxy) is 2. The first-order chi connectivity index (χ1) is 16.8. The predicted octanol–water partition coefficient (Wildman–Crippen LogP) is 3.54. The molecule has 1 aliphatic rings. The number of hydrogen-bond acceptors (Lipinski definition) is 9. The van der Waals surface area contributed by atoms with Crippen LogP contribution < -0.4 is 14.2 Å². The Hall–Kier alpha value is -2.86. The minimum absolute atomic E-state index is 0.0866. The van der Waals surface area contributed by atoms with E-state index in [9.17, 15) is 8.42 Å². The summed E-state index contributed by atoms with van der Waals surface area (Å²) in [5.74, 6) is 3.81. The second-order valence-corrected chi connectivity index (χ2v) is 11.7. The van der Waals surface area contributed by atoms with E-state index in [1.54, 1.807) is 57.2 Å². The molecule has 0 spiro atoms. The number of para-hydroxylation sites is 1. The molecule has 0 bridgehead atoms. The van der Waals surface area contributed by atoms with Crippen LogP contribution in [0, 0.1) is 6.92 Å². The molecular formula is C23H30N6O4S2. The Balaban J connectivity index is 1.76. The number of anilines is 1. The first-order valence-corrected chi connectivity index (χ1v) is 14.0. The highest BCUT2D eigenvalue weighted by molar-refractivity contribution is 7.99. The fourth-order valence-corrected chi connectivity index (χ4v) is 6.42. The van der Waals surface area contributed by atoms with Gasteiger partial charge in [-0.25, -0.2) is 18.4 Å². The fourth-order valence-electron chi connectivity index (χ4n) is 3.97. The monoisotopic (exact) mass is 518 g/mol. The summed E-state index contributed by atoms with van der Waals surface area (Å²) in [5, 5.41) is 7.86. The van der Waals surface area contributed by atoms with Crippen molar-refractivity contribution in [3.05, 3.63) is 47.8 Å².